The fourth-order valence-electron chi connectivity index (χ4n) is 4.02. The second kappa shape index (κ2) is 22.9. The minimum Gasteiger partial charge on any atom is -1.00 e. The van der Waals surface area contributed by atoms with Gasteiger partial charge in [0.1, 0.15) is 25.9 Å². The van der Waals surface area contributed by atoms with Crippen molar-refractivity contribution in [2.75, 3.05) is 26.3 Å². The molecule has 0 atom stereocenters. The second-order valence-corrected chi connectivity index (χ2v) is 12.7. The van der Waals surface area contributed by atoms with Crippen LogP contribution in [0.25, 0.3) is 0 Å². The Kier molecular flexibility index (Phi) is 22.1. The van der Waals surface area contributed by atoms with E-state index in [-0.39, 0.29) is 79.2 Å². The molecule has 0 unspecified atom stereocenters. The molecule has 4 aromatic rings. The van der Waals surface area contributed by atoms with E-state index in [1.807, 2.05) is 27.7 Å². The summed E-state index contributed by atoms with van der Waals surface area (Å²) in [4.78, 5) is 35.9. The molecule has 0 saturated carbocycles. The number of amides is 2. The minimum atomic E-state index is -0.172. The molecule has 2 aromatic heterocycles. The van der Waals surface area contributed by atoms with E-state index < -0.39 is 0 Å². The van der Waals surface area contributed by atoms with Gasteiger partial charge in [-0.05, 0) is 52.0 Å². The van der Waals surface area contributed by atoms with Crippen LogP contribution in [0.1, 0.15) is 27.7 Å². The molecule has 0 aliphatic heterocycles. The average Bonchev–Trinajstić information content (AvgIpc) is 3.70. The molecule has 2 aromatic carbocycles. The molecule has 0 saturated heterocycles. The Bertz CT molecular complexity index is 1430. The maximum atomic E-state index is 12.4. The van der Waals surface area contributed by atoms with Gasteiger partial charge in [0, 0.05) is 46.9 Å². The molecule has 4 rings (SSSR count). The van der Waals surface area contributed by atoms with Gasteiger partial charge >= 0.3 is 29.1 Å². The molecule has 49 heavy (non-hydrogen) atoms. The van der Waals surface area contributed by atoms with Gasteiger partial charge in [0.05, 0.1) is 33.2 Å². The minimum absolute atomic E-state index is 0. The van der Waals surface area contributed by atoms with Gasteiger partial charge in [0.15, 0.2) is 11.5 Å². The molecule has 19 heteroatoms. The van der Waals surface area contributed by atoms with Gasteiger partial charge < -0.3 is 44.1 Å². The van der Waals surface area contributed by atoms with Crippen molar-refractivity contribution in [2.45, 2.75) is 39.8 Å². The number of hydrogen-bond donors (Lipinski definition) is 0. The molecule has 2 heterocycles. The van der Waals surface area contributed by atoms with E-state index in [9.17, 15) is 9.59 Å². The van der Waals surface area contributed by atoms with E-state index in [1.54, 1.807) is 58.9 Å². The standard InChI is InChI=1S/2C15H16Cl3N3O2.2ClH.Mn/c2*1-10(2)21(15(22)20-4-3-19-9-20)5-6-23-14-12(17)7-11(16)8-13(14)18;;;/h2*3-4,7-10H,5-6H2,1-2H3;2*1H;/q;;;;+2/p-2. The quantitative estimate of drug-likeness (QED) is 0.228. The van der Waals surface area contributed by atoms with Crippen LogP contribution in [0.3, 0.4) is 0 Å². The van der Waals surface area contributed by atoms with Crippen LogP contribution in [-0.2, 0) is 17.1 Å². The molecular weight excluding hydrogens is 847 g/mol. The Hall–Kier alpha value is -1.76. The van der Waals surface area contributed by atoms with E-state index in [0.29, 0.717) is 54.7 Å². The largest absolute Gasteiger partial charge is 2.00 e. The van der Waals surface area contributed by atoms with Crippen molar-refractivity contribution in [1.29, 1.82) is 0 Å². The van der Waals surface area contributed by atoms with Crippen LogP contribution in [0.4, 0.5) is 9.59 Å². The summed E-state index contributed by atoms with van der Waals surface area (Å²) >= 11 is 36.0. The van der Waals surface area contributed by atoms with E-state index in [0.717, 1.165) is 0 Å². The number of imidazole rings is 2. The normalized spacial score (nSPS) is 10.2. The van der Waals surface area contributed by atoms with Gasteiger partial charge in [0.25, 0.3) is 0 Å². The Morgan fingerprint density at radius 3 is 1.20 bits per heavy atom. The molecule has 1 radical (unpaired) electrons. The maximum Gasteiger partial charge on any atom is 2.00 e. The zero-order valence-electron chi connectivity index (χ0n) is 26.5. The molecule has 0 bridgehead atoms. The molecule has 0 aliphatic rings. The van der Waals surface area contributed by atoms with E-state index in [1.165, 1.54) is 21.8 Å². The molecule has 0 aliphatic carbocycles. The first-order valence-electron chi connectivity index (χ1n) is 13.9. The Morgan fingerprint density at radius 1 is 0.653 bits per heavy atom. The monoisotopic (exact) mass is 875 g/mol. The summed E-state index contributed by atoms with van der Waals surface area (Å²) in [6.45, 7) is 8.97. The summed E-state index contributed by atoms with van der Waals surface area (Å²) in [5.41, 5.74) is 0. The summed E-state index contributed by atoms with van der Waals surface area (Å²) in [7, 11) is 0. The predicted molar refractivity (Wildman–Crippen MR) is 184 cm³/mol. The SMILES string of the molecule is CC(C)N(CCOc1c(Cl)cc(Cl)cc1Cl)C(=O)n1ccnc1.CC(C)N(CCOc1c(Cl)cc(Cl)cc1Cl)C(=O)n1ccnc1.[Cl-].[Cl-].[Mn+2]. The predicted octanol–water partition coefficient (Wildman–Crippen LogP) is 3.21. The first-order valence-corrected chi connectivity index (χ1v) is 16.2. The number of halogens is 8. The van der Waals surface area contributed by atoms with Gasteiger partial charge in [-0.2, -0.15) is 0 Å². The number of benzene rings is 2. The molecule has 0 spiro atoms. The van der Waals surface area contributed by atoms with Crippen molar-refractivity contribution in [3.63, 3.8) is 0 Å². The molecule has 2 amide bonds. The summed E-state index contributed by atoms with van der Waals surface area (Å²) in [6, 6.07) is 5.89. The third-order valence-electron chi connectivity index (χ3n) is 6.27. The number of nitrogens with zero attached hydrogens (tertiary/aromatic N) is 6. The molecule has 0 fully saturated rings. The number of carbonyl (C=O) groups is 2. The van der Waals surface area contributed by atoms with Gasteiger partial charge in [-0.25, -0.2) is 19.6 Å². The first-order chi connectivity index (χ1) is 21.8. The van der Waals surface area contributed by atoms with Gasteiger partial charge in [0.2, 0.25) is 0 Å². The van der Waals surface area contributed by atoms with Crippen molar-refractivity contribution in [3.05, 3.63) is 91.8 Å². The third-order valence-corrected chi connectivity index (χ3v) is 7.83. The van der Waals surface area contributed by atoms with Crippen molar-refractivity contribution >= 4 is 81.7 Å². The number of rotatable bonds is 10. The molecular formula is C30H32Cl8MnN6O4. The number of aromatic nitrogens is 4. The molecule has 269 valence electrons. The summed E-state index contributed by atoms with van der Waals surface area (Å²) in [6.07, 6.45) is 9.24. The number of hydrogen-bond acceptors (Lipinski definition) is 6. The fourth-order valence-corrected chi connectivity index (χ4v) is 5.87. The van der Waals surface area contributed by atoms with Crippen LogP contribution in [0.2, 0.25) is 30.1 Å². The van der Waals surface area contributed by atoms with Crippen LogP contribution >= 0.6 is 69.6 Å². The number of ether oxygens (including phenoxy) is 2. The fraction of sp³-hybridized carbons (Fsp3) is 0.333. The van der Waals surface area contributed by atoms with E-state index >= 15 is 0 Å². The smallest absolute Gasteiger partial charge is 1.00 e. The van der Waals surface area contributed by atoms with E-state index in [4.69, 9.17) is 79.1 Å². The van der Waals surface area contributed by atoms with Crippen LogP contribution in [-0.4, -0.2) is 79.4 Å². The van der Waals surface area contributed by atoms with Crippen LogP contribution in [0.15, 0.2) is 61.7 Å². The summed E-state index contributed by atoms with van der Waals surface area (Å²) < 4.78 is 14.1. The number of carbonyl (C=O) groups excluding carboxylic acids is 2. The van der Waals surface area contributed by atoms with Crippen LogP contribution in [0, 0.1) is 0 Å². The Morgan fingerprint density at radius 2 is 0.959 bits per heavy atom. The van der Waals surface area contributed by atoms with Crippen molar-refractivity contribution in [3.8, 4) is 11.5 Å². The van der Waals surface area contributed by atoms with Gasteiger partial charge in [-0.1, -0.05) is 69.6 Å². The zero-order chi connectivity index (χ0) is 34.0. The van der Waals surface area contributed by atoms with Gasteiger partial charge in [-0.3, -0.25) is 9.13 Å². The molecule has 10 nitrogen and oxygen atoms in total. The van der Waals surface area contributed by atoms with Crippen molar-refractivity contribution in [1.82, 2.24) is 28.9 Å². The summed E-state index contributed by atoms with van der Waals surface area (Å²) in [5.74, 6) is 0.716. The summed E-state index contributed by atoms with van der Waals surface area (Å²) in [5, 5.41) is 2.20. The van der Waals surface area contributed by atoms with Gasteiger partial charge in [-0.15, -0.1) is 0 Å². The van der Waals surface area contributed by atoms with Crippen LogP contribution in [0.5, 0.6) is 11.5 Å². The Labute approximate surface area is 338 Å². The van der Waals surface area contributed by atoms with E-state index in [2.05, 4.69) is 9.97 Å². The average molecular weight is 879 g/mol. The molecule has 0 N–H and O–H groups in total. The second-order valence-electron chi connectivity index (χ2n) is 10.2. The Balaban J connectivity index is 0.000000886. The third kappa shape index (κ3) is 14.1. The zero-order valence-corrected chi connectivity index (χ0v) is 33.7. The maximum absolute atomic E-state index is 12.4. The first kappa shape index (κ1) is 47.2. The van der Waals surface area contributed by atoms with Crippen molar-refractivity contribution < 1.29 is 60.9 Å². The van der Waals surface area contributed by atoms with Crippen molar-refractivity contribution in [2.24, 2.45) is 0 Å². The van der Waals surface area contributed by atoms with Crippen LogP contribution < -0.4 is 34.3 Å². The topological polar surface area (TPSA) is 94.7 Å².